The minimum atomic E-state index is -0.850. The van der Waals surface area contributed by atoms with E-state index in [1.54, 1.807) is 6.08 Å². The zero-order valence-corrected chi connectivity index (χ0v) is 18.4. The first-order valence-corrected chi connectivity index (χ1v) is 11.6. The summed E-state index contributed by atoms with van der Waals surface area (Å²) in [7, 11) is 0. The van der Waals surface area contributed by atoms with Crippen molar-refractivity contribution in [3.05, 3.63) is 24.3 Å². The molecule has 4 nitrogen and oxygen atoms in total. The molecule has 0 spiro atoms. The molecule has 0 aromatic heterocycles. The normalized spacial score (nSPS) is 14.0. The topological polar surface area (TPSA) is 69.6 Å². The Morgan fingerprint density at radius 1 is 0.821 bits per heavy atom. The summed E-state index contributed by atoms with van der Waals surface area (Å²) in [4.78, 5) is 12.0. The molecule has 164 valence electrons. The quantitative estimate of drug-likeness (QED) is 0.201. The summed E-state index contributed by atoms with van der Waals surface area (Å²) < 4.78 is 0. The van der Waals surface area contributed by atoms with Crippen molar-refractivity contribution in [2.45, 2.75) is 116 Å². The van der Waals surface area contributed by atoms with Crippen LogP contribution in [0.15, 0.2) is 24.3 Å². The number of carbonyl (C=O) groups is 1. The number of aliphatic hydroxyl groups excluding tert-OH is 2. The Labute approximate surface area is 173 Å². The Hall–Kier alpha value is -1.13. The van der Waals surface area contributed by atoms with E-state index in [0.29, 0.717) is 6.42 Å². The largest absolute Gasteiger partial charge is 0.394 e. The van der Waals surface area contributed by atoms with E-state index in [4.69, 9.17) is 0 Å². The highest BCUT2D eigenvalue weighted by atomic mass is 16.3. The van der Waals surface area contributed by atoms with E-state index in [-0.39, 0.29) is 12.5 Å². The smallest absolute Gasteiger partial charge is 0.220 e. The maximum Gasteiger partial charge on any atom is 0.220 e. The second-order valence-corrected chi connectivity index (χ2v) is 7.69. The lowest BCUT2D eigenvalue weighted by atomic mass is 10.1. The fourth-order valence-corrected chi connectivity index (χ4v) is 3.07. The van der Waals surface area contributed by atoms with Gasteiger partial charge in [-0.2, -0.15) is 0 Å². The van der Waals surface area contributed by atoms with Crippen LogP contribution in [0.5, 0.6) is 0 Å². The molecule has 1 amide bonds. The van der Waals surface area contributed by atoms with Crippen LogP contribution in [0.4, 0.5) is 0 Å². The van der Waals surface area contributed by atoms with Crippen LogP contribution in [-0.4, -0.2) is 34.9 Å². The number of hydrogen-bond donors (Lipinski definition) is 3. The number of carbonyl (C=O) groups excluding carboxylic acids is 1. The van der Waals surface area contributed by atoms with Crippen LogP contribution in [-0.2, 0) is 4.79 Å². The molecule has 0 saturated carbocycles. The molecular formula is C24H45NO3. The minimum Gasteiger partial charge on any atom is -0.394 e. The maximum atomic E-state index is 12.0. The van der Waals surface area contributed by atoms with Gasteiger partial charge in [-0.1, -0.05) is 89.5 Å². The number of amides is 1. The summed E-state index contributed by atoms with van der Waals surface area (Å²) in [5.41, 5.74) is 0. The monoisotopic (exact) mass is 395 g/mol. The fourth-order valence-electron chi connectivity index (χ4n) is 3.07. The van der Waals surface area contributed by atoms with Crippen molar-refractivity contribution in [3.8, 4) is 0 Å². The summed E-state index contributed by atoms with van der Waals surface area (Å²) >= 11 is 0. The molecule has 0 unspecified atom stereocenters. The molecule has 0 bridgehead atoms. The van der Waals surface area contributed by atoms with Crippen molar-refractivity contribution in [1.29, 1.82) is 0 Å². The molecule has 0 aliphatic rings. The Balaban J connectivity index is 3.88. The van der Waals surface area contributed by atoms with E-state index in [1.165, 1.54) is 51.4 Å². The van der Waals surface area contributed by atoms with Gasteiger partial charge < -0.3 is 15.5 Å². The summed E-state index contributed by atoms with van der Waals surface area (Å²) in [5.74, 6) is -0.0879. The predicted molar refractivity (Wildman–Crippen MR) is 119 cm³/mol. The first-order valence-electron chi connectivity index (χ1n) is 11.6. The molecule has 0 heterocycles. The van der Waals surface area contributed by atoms with Gasteiger partial charge in [0.05, 0.1) is 18.8 Å². The molecule has 0 rings (SSSR count). The fraction of sp³-hybridized carbons (Fsp3) is 0.792. The lowest BCUT2D eigenvalue weighted by Gasteiger charge is -2.19. The number of aliphatic hydroxyl groups is 2. The summed E-state index contributed by atoms with van der Waals surface area (Å²) in [6.07, 6.45) is 22.5. The van der Waals surface area contributed by atoms with E-state index >= 15 is 0 Å². The van der Waals surface area contributed by atoms with E-state index in [9.17, 15) is 15.0 Å². The van der Waals surface area contributed by atoms with E-state index in [1.807, 2.05) is 6.08 Å². The van der Waals surface area contributed by atoms with Gasteiger partial charge >= 0.3 is 0 Å². The van der Waals surface area contributed by atoms with Crippen LogP contribution < -0.4 is 5.32 Å². The summed E-state index contributed by atoms with van der Waals surface area (Å²) in [6.45, 7) is 4.15. The van der Waals surface area contributed by atoms with Crippen molar-refractivity contribution in [3.63, 3.8) is 0 Å². The number of rotatable bonds is 19. The Morgan fingerprint density at radius 2 is 1.39 bits per heavy atom. The van der Waals surface area contributed by atoms with Crippen molar-refractivity contribution < 1.29 is 15.0 Å². The second kappa shape index (κ2) is 20.6. The van der Waals surface area contributed by atoms with Gasteiger partial charge in [0.2, 0.25) is 5.91 Å². The van der Waals surface area contributed by atoms with Gasteiger partial charge in [0.15, 0.2) is 0 Å². The highest BCUT2D eigenvalue weighted by Gasteiger charge is 2.17. The molecule has 0 radical (unpaired) electrons. The van der Waals surface area contributed by atoms with Crippen LogP contribution in [0, 0.1) is 0 Å². The second-order valence-electron chi connectivity index (χ2n) is 7.69. The number of hydrogen-bond acceptors (Lipinski definition) is 3. The van der Waals surface area contributed by atoms with E-state index < -0.39 is 12.1 Å². The van der Waals surface area contributed by atoms with Gasteiger partial charge in [-0.25, -0.2) is 0 Å². The molecule has 2 atom stereocenters. The molecule has 3 N–H and O–H groups in total. The zero-order chi connectivity index (χ0) is 20.9. The van der Waals surface area contributed by atoms with Crippen molar-refractivity contribution in [1.82, 2.24) is 5.32 Å². The summed E-state index contributed by atoms with van der Waals surface area (Å²) in [6, 6.07) is -0.627. The third-order valence-electron chi connectivity index (χ3n) is 4.94. The summed E-state index contributed by atoms with van der Waals surface area (Å²) in [5, 5.41) is 22.4. The molecule has 28 heavy (non-hydrogen) atoms. The highest BCUT2D eigenvalue weighted by Crippen LogP contribution is 2.09. The molecular weight excluding hydrogens is 350 g/mol. The number of unbranched alkanes of at least 4 members (excludes halogenated alkanes) is 10. The van der Waals surface area contributed by atoms with Gasteiger partial charge in [-0.3, -0.25) is 4.79 Å². The Bertz CT molecular complexity index is 407. The third-order valence-corrected chi connectivity index (χ3v) is 4.94. The first kappa shape index (κ1) is 26.9. The average Bonchev–Trinajstić information content (AvgIpc) is 2.69. The maximum absolute atomic E-state index is 12.0. The van der Waals surface area contributed by atoms with Crippen LogP contribution in [0.2, 0.25) is 0 Å². The van der Waals surface area contributed by atoms with Gasteiger partial charge in [0.25, 0.3) is 0 Å². The lowest BCUT2D eigenvalue weighted by molar-refractivity contribution is -0.123. The zero-order valence-electron chi connectivity index (χ0n) is 18.4. The number of nitrogens with one attached hydrogen (secondary N) is 1. The third kappa shape index (κ3) is 17.0. The van der Waals surface area contributed by atoms with Crippen molar-refractivity contribution >= 4 is 5.91 Å². The lowest BCUT2D eigenvalue weighted by Crippen LogP contribution is -2.45. The molecule has 0 aliphatic carbocycles. The standard InChI is InChI=1S/C24H45NO3/c1-3-5-7-9-11-12-14-15-17-19-23(27)22(21-26)25-24(28)20-18-16-13-10-8-6-4-2/h11-12,17,19,22-23,26-27H,3-10,13-16,18,20-21H2,1-2H3,(H,25,28)/b12-11+,19-17+/t22-,23+/m0/s1. The Morgan fingerprint density at radius 3 is 2.07 bits per heavy atom. The van der Waals surface area contributed by atoms with Crippen molar-refractivity contribution in [2.24, 2.45) is 0 Å². The molecule has 0 aromatic rings. The number of allylic oxidation sites excluding steroid dienone is 3. The molecule has 0 saturated heterocycles. The predicted octanol–water partition coefficient (Wildman–Crippen LogP) is 5.44. The Kier molecular flexibility index (Phi) is 19.8. The highest BCUT2D eigenvalue weighted by molar-refractivity contribution is 5.76. The molecule has 0 aliphatic heterocycles. The van der Waals surface area contributed by atoms with Gasteiger partial charge in [-0.15, -0.1) is 0 Å². The first-order chi connectivity index (χ1) is 13.7. The van der Waals surface area contributed by atoms with Crippen LogP contribution in [0.1, 0.15) is 104 Å². The van der Waals surface area contributed by atoms with Gasteiger partial charge in [0.1, 0.15) is 0 Å². The van der Waals surface area contributed by atoms with Crippen LogP contribution >= 0.6 is 0 Å². The average molecular weight is 396 g/mol. The molecule has 0 aromatic carbocycles. The van der Waals surface area contributed by atoms with Crippen molar-refractivity contribution in [2.75, 3.05) is 6.61 Å². The molecule has 4 heteroatoms. The van der Waals surface area contributed by atoms with E-state index in [2.05, 4.69) is 31.3 Å². The minimum absolute atomic E-state index is 0.0879. The van der Waals surface area contributed by atoms with Gasteiger partial charge in [0, 0.05) is 6.42 Å². The van der Waals surface area contributed by atoms with E-state index in [0.717, 1.165) is 32.1 Å². The van der Waals surface area contributed by atoms with Crippen LogP contribution in [0.25, 0.3) is 0 Å². The van der Waals surface area contributed by atoms with Crippen LogP contribution in [0.3, 0.4) is 0 Å². The SMILES string of the molecule is CCCCC/C=C/CC/C=C/[C@@H](O)[C@H](CO)NC(=O)CCCCCCCCC. The molecule has 0 fully saturated rings. The van der Waals surface area contributed by atoms with Gasteiger partial charge in [-0.05, 0) is 32.1 Å².